The van der Waals surface area contributed by atoms with Crippen molar-refractivity contribution < 1.29 is 23.1 Å². The van der Waals surface area contributed by atoms with Crippen LogP contribution < -0.4 is 5.32 Å². The van der Waals surface area contributed by atoms with Crippen LogP contribution in [-0.2, 0) is 24.4 Å². The van der Waals surface area contributed by atoms with Crippen molar-refractivity contribution in [2.75, 3.05) is 33.2 Å². The van der Waals surface area contributed by atoms with Gasteiger partial charge in [-0.05, 0) is 42.8 Å². The lowest BCUT2D eigenvalue weighted by Crippen LogP contribution is -2.44. The van der Waals surface area contributed by atoms with E-state index in [1.54, 1.807) is 0 Å². The number of nitrogens with zero attached hydrogens (tertiary/aromatic N) is 3. The Morgan fingerprint density at radius 3 is 2.38 bits per heavy atom. The Morgan fingerprint density at radius 2 is 1.74 bits per heavy atom. The summed E-state index contributed by atoms with van der Waals surface area (Å²) in [5.74, 6) is -1.79. The normalized spacial score (nSPS) is 15.2. The van der Waals surface area contributed by atoms with Crippen molar-refractivity contribution in [1.29, 1.82) is 0 Å². The number of aromatic amines is 1. The molecule has 1 saturated heterocycles. The highest BCUT2D eigenvalue weighted by Crippen LogP contribution is 2.16. The molecule has 34 heavy (non-hydrogen) atoms. The molecule has 10 heteroatoms. The van der Waals surface area contributed by atoms with Crippen molar-refractivity contribution in [3.8, 4) is 0 Å². The van der Waals surface area contributed by atoms with Crippen LogP contribution in [0.25, 0.3) is 11.0 Å². The average molecular weight is 478 g/mol. The fourth-order valence-corrected chi connectivity index (χ4v) is 3.77. The van der Waals surface area contributed by atoms with Crippen LogP contribution in [0.2, 0.25) is 0 Å². The standard InChI is InChI=1S/C22H29N5.C2HF3O2/c1-17-24-21-8-7-18(13-22(21)25-17)14-23-15-19-5-3-4-6-20(19)16-27-11-9-26(2)10-12-27;3-2(4,5)1(6)7/h3-8,13,23H,9-12,14-16H2,1-2H3,(H,24,25);(H,6,7). The van der Waals surface area contributed by atoms with Gasteiger partial charge < -0.3 is 20.3 Å². The molecule has 7 nitrogen and oxygen atoms in total. The third-order valence-electron chi connectivity index (χ3n) is 5.66. The number of nitrogens with one attached hydrogen (secondary N) is 2. The zero-order valence-electron chi connectivity index (χ0n) is 19.3. The van der Waals surface area contributed by atoms with E-state index in [0.717, 1.165) is 62.7 Å². The number of H-pyrrole nitrogens is 1. The quantitative estimate of drug-likeness (QED) is 0.504. The molecule has 1 aliphatic heterocycles. The molecular weight excluding hydrogens is 447 g/mol. The van der Waals surface area contributed by atoms with Gasteiger partial charge in [0.05, 0.1) is 11.0 Å². The number of hydrogen-bond acceptors (Lipinski definition) is 5. The molecule has 0 saturated carbocycles. The Balaban J connectivity index is 0.000000406. The monoisotopic (exact) mass is 477 g/mol. The number of benzene rings is 2. The fourth-order valence-electron chi connectivity index (χ4n) is 3.77. The molecule has 1 fully saturated rings. The lowest BCUT2D eigenvalue weighted by atomic mass is 10.1. The second-order valence-corrected chi connectivity index (χ2v) is 8.43. The van der Waals surface area contributed by atoms with Gasteiger partial charge in [0, 0.05) is 45.8 Å². The van der Waals surface area contributed by atoms with E-state index in [0.29, 0.717) is 0 Å². The lowest BCUT2D eigenvalue weighted by molar-refractivity contribution is -0.192. The number of rotatable bonds is 6. The molecule has 2 heterocycles. The third kappa shape index (κ3) is 7.54. The van der Waals surface area contributed by atoms with Crippen molar-refractivity contribution in [3.05, 3.63) is 65.0 Å². The molecule has 0 amide bonds. The van der Waals surface area contributed by atoms with Crippen LogP contribution in [0, 0.1) is 6.92 Å². The maximum atomic E-state index is 10.6. The number of piperazine rings is 1. The number of carboxylic acids is 1. The van der Waals surface area contributed by atoms with Crippen molar-refractivity contribution in [2.24, 2.45) is 0 Å². The van der Waals surface area contributed by atoms with E-state index < -0.39 is 12.1 Å². The predicted molar refractivity (Wildman–Crippen MR) is 124 cm³/mol. The second-order valence-electron chi connectivity index (χ2n) is 8.43. The number of carboxylic acid groups (broad SMARTS) is 1. The zero-order valence-corrected chi connectivity index (χ0v) is 19.3. The van der Waals surface area contributed by atoms with Gasteiger partial charge in [-0.1, -0.05) is 30.3 Å². The first-order valence-electron chi connectivity index (χ1n) is 11.1. The molecule has 1 aromatic heterocycles. The molecule has 0 atom stereocenters. The molecule has 0 bridgehead atoms. The van der Waals surface area contributed by atoms with Crippen LogP contribution in [0.1, 0.15) is 22.5 Å². The fraction of sp³-hybridized carbons (Fsp3) is 0.417. The van der Waals surface area contributed by atoms with Crippen LogP contribution >= 0.6 is 0 Å². The van der Waals surface area contributed by atoms with Crippen molar-refractivity contribution in [3.63, 3.8) is 0 Å². The summed E-state index contributed by atoms with van der Waals surface area (Å²) in [6, 6.07) is 15.3. The molecule has 3 aromatic rings. The summed E-state index contributed by atoms with van der Waals surface area (Å²) in [5, 5.41) is 10.7. The SMILES string of the molecule is Cc1nc2ccc(CNCc3ccccc3CN3CCN(C)CC3)cc2[nH]1.O=C(O)C(F)(F)F. The summed E-state index contributed by atoms with van der Waals surface area (Å²) >= 11 is 0. The molecule has 4 rings (SSSR count). The Morgan fingerprint density at radius 1 is 1.09 bits per heavy atom. The minimum Gasteiger partial charge on any atom is -0.475 e. The zero-order chi connectivity index (χ0) is 24.7. The highest BCUT2D eigenvalue weighted by atomic mass is 19.4. The number of imidazole rings is 1. The van der Waals surface area contributed by atoms with E-state index in [4.69, 9.17) is 9.90 Å². The first kappa shape index (κ1) is 25.7. The molecule has 1 aliphatic rings. The van der Waals surface area contributed by atoms with Crippen LogP contribution in [0.3, 0.4) is 0 Å². The Kier molecular flexibility index (Phi) is 8.65. The second kappa shape index (κ2) is 11.5. The third-order valence-corrected chi connectivity index (χ3v) is 5.66. The topological polar surface area (TPSA) is 84.5 Å². The molecular formula is C24H30F3N5O2. The van der Waals surface area contributed by atoms with Crippen LogP contribution in [0.5, 0.6) is 0 Å². The first-order chi connectivity index (χ1) is 16.1. The average Bonchev–Trinajstić information content (AvgIpc) is 3.15. The number of aryl methyl sites for hydroxylation is 1. The maximum absolute atomic E-state index is 10.6. The van der Waals surface area contributed by atoms with Gasteiger partial charge >= 0.3 is 12.1 Å². The number of aromatic nitrogens is 2. The van der Waals surface area contributed by atoms with Crippen molar-refractivity contribution in [2.45, 2.75) is 32.7 Å². The lowest BCUT2D eigenvalue weighted by Gasteiger charge is -2.32. The molecule has 2 aromatic carbocycles. The number of carbonyl (C=O) groups is 1. The van der Waals surface area contributed by atoms with Crippen LogP contribution in [0.4, 0.5) is 13.2 Å². The summed E-state index contributed by atoms with van der Waals surface area (Å²) in [5.41, 5.74) is 6.27. The summed E-state index contributed by atoms with van der Waals surface area (Å²) < 4.78 is 31.7. The minimum atomic E-state index is -5.08. The largest absolute Gasteiger partial charge is 0.490 e. The molecule has 184 valence electrons. The minimum absolute atomic E-state index is 0.858. The Bertz CT molecular complexity index is 1090. The Hall–Kier alpha value is -2.95. The molecule has 0 spiro atoms. The van der Waals surface area contributed by atoms with Crippen molar-refractivity contribution >= 4 is 17.0 Å². The van der Waals surface area contributed by atoms with Crippen molar-refractivity contribution in [1.82, 2.24) is 25.1 Å². The predicted octanol–water partition coefficient (Wildman–Crippen LogP) is 3.54. The summed E-state index contributed by atoms with van der Waals surface area (Å²) in [4.78, 5) is 21.7. The van der Waals surface area contributed by atoms with E-state index in [1.807, 2.05) is 6.92 Å². The highest BCUT2D eigenvalue weighted by molar-refractivity contribution is 5.75. The molecule has 0 unspecified atom stereocenters. The number of aliphatic carboxylic acids is 1. The summed E-state index contributed by atoms with van der Waals surface area (Å²) in [7, 11) is 2.21. The van der Waals surface area contributed by atoms with Gasteiger partial charge in [-0.15, -0.1) is 0 Å². The number of likely N-dealkylation sites (N-methyl/N-ethyl adjacent to an activating group) is 1. The number of hydrogen-bond donors (Lipinski definition) is 3. The Labute approximate surface area is 196 Å². The van der Waals surface area contributed by atoms with Crippen LogP contribution in [-0.4, -0.2) is 70.2 Å². The molecule has 3 N–H and O–H groups in total. The van der Waals surface area contributed by atoms with Gasteiger partial charge in [0.1, 0.15) is 5.82 Å². The molecule has 0 radical (unpaired) electrons. The van der Waals surface area contributed by atoms with E-state index in [2.05, 4.69) is 74.6 Å². The maximum Gasteiger partial charge on any atom is 0.490 e. The van der Waals surface area contributed by atoms with Gasteiger partial charge in [-0.25, -0.2) is 9.78 Å². The van der Waals surface area contributed by atoms with Gasteiger partial charge in [-0.3, -0.25) is 4.90 Å². The summed E-state index contributed by atoms with van der Waals surface area (Å²) in [6.07, 6.45) is -5.08. The highest BCUT2D eigenvalue weighted by Gasteiger charge is 2.38. The first-order valence-corrected chi connectivity index (χ1v) is 11.1. The van der Waals surface area contributed by atoms with E-state index in [9.17, 15) is 13.2 Å². The number of alkyl halides is 3. The van der Waals surface area contributed by atoms with E-state index in [1.165, 1.54) is 16.7 Å². The smallest absolute Gasteiger partial charge is 0.475 e. The summed E-state index contributed by atoms with van der Waals surface area (Å²) in [6.45, 7) is 9.43. The van der Waals surface area contributed by atoms with E-state index in [-0.39, 0.29) is 0 Å². The van der Waals surface area contributed by atoms with Gasteiger partial charge in [-0.2, -0.15) is 13.2 Å². The van der Waals surface area contributed by atoms with Gasteiger partial charge in [0.25, 0.3) is 0 Å². The van der Waals surface area contributed by atoms with E-state index >= 15 is 0 Å². The van der Waals surface area contributed by atoms with Gasteiger partial charge in [0.15, 0.2) is 0 Å². The number of halogens is 3. The molecule has 0 aliphatic carbocycles. The van der Waals surface area contributed by atoms with Crippen LogP contribution in [0.15, 0.2) is 42.5 Å². The number of fused-ring (bicyclic) bond motifs is 1. The van der Waals surface area contributed by atoms with Gasteiger partial charge in [0.2, 0.25) is 0 Å².